The number of carbonyl (C=O) groups is 1. The third-order valence-corrected chi connectivity index (χ3v) is 5.24. The molecule has 2 unspecified atom stereocenters. The number of methoxy groups -OCH3 is 1. The van der Waals surface area contributed by atoms with Crippen molar-refractivity contribution in [3.63, 3.8) is 0 Å². The summed E-state index contributed by atoms with van der Waals surface area (Å²) in [6, 6.07) is 0. The van der Waals surface area contributed by atoms with E-state index in [9.17, 15) is 9.00 Å². The number of thiazole rings is 1. The molecule has 7 nitrogen and oxygen atoms in total. The SMILES string of the molecule is COCCNc1nc(N)c(C(=O)NCCC(C)S(C)=O)s1. The summed E-state index contributed by atoms with van der Waals surface area (Å²) >= 11 is 1.21. The first kappa shape index (κ1) is 17.9. The van der Waals surface area contributed by atoms with Crippen molar-refractivity contribution in [1.29, 1.82) is 0 Å². The molecule has 1 rings (SSSR count). The van der Waals surface area contributed by atoms with Crippen molar-refractivity contribution in [2.24, 2.45) is 0 Å². The Bertz CT molecular complexity index is 493. The molecular weight excluding hydrogens is 312 g/mol. The van der Waals surface area contributed by atoms with Gasteiger partial charge in [-0.3, -0.25) is 9.00 Å². The molecule has 0 fully saturated rings. The molecular formula is C12H22N4O3S2. The highest BCUT2D eigenvalue weighted by atomic mass is 32.2. The van der Waals surface area contributed by atoms with Gasteiger partial charge in [-0.15, -0.1) is 0 Å². The van der Waals surface area contributed by atoms with E-state index in [1.54, 1.807) is 13.4 Å². The van der Waals surface area contributed by atoms with Crippen LogP contribution in [0.3, 0.4) is 0 Å². The van der Waals surface area contributed by atoms with Crippen LogP contribution in [-0.2, 0) is 15.5 Å². The zero-order valence-electron chi connectivity index (χ0n) is 12.5. The van der Waals surface area contributed by atoms with E-state index < -0.39 is 10.8 Å². The molecule has 0 aromatic carbocycles. The standard InChI is InChI=1S/C12H22N4O3S2/c1-8(21(3)18)4-5-14-11(17)9-10(13)16-12(20-9)15-6-7-19-2/h8H,4-7,13H2,1-3H3,(H,14,17)(H,15,16). The molecule has 1 aromatic heterocycles. The number of anilines is 2. The summed E-state index contributed by atoms with van der Waals surface area (Å²) < 4.78 is 16.1. The fourth-order valence-electron chi connectivity index (χ4n) is 1.47. The van der Waals surface area contributed by atoms with Crippen molar-refractivity contribution in [2.45, 2.75) is 18.6 Å². The molecule has 9 heteroatoms. The largest absolute Gasteiger partial charge is 0.383 e. The third kappa shape index (κ3) is 5.98. The lowest BCUT2D eigenvalue weighted by atomic mass is 10.3. The number of nitrogens with two attached hydrogens (primary N) is 1. The van der Waals surface area contributed by atoms with Gasteiger partial charge in [0.15, 0.2) is 5.13 Å². The fraction of sp³-hybridized carbons (Fsp3) is 0.667. The Morgan fingerprint density at radius 1 is 1.52 bits per heavy atom. The second kappa shape index (κ2) is 8.96. The first-order chi connectivity index (χ1) is 9.95. The van der Waals surface area contributed by atoms with Crippen molar-refractivity contribution in [3.05, 3.63) is 4.88 Å². The molecule has 0 aliphatic carbocycles. The van der Waals surface area contributed by atoms with Crippen LogP contribution in [0.25, 0.3) is 0 Å². The van der Waals surface area contributed by atoms with E-state index in [4.69, 9.17) is 10.5 Å². The smallest absolute Gasteiger partial charge is 0.265 e. The molecule has 2 atom stereocenters. The van der Waals surface area contributed by atoms with Crippen molar-refractivity contribution in [3.8, 4) is 0 Å². The van der Waals surface area contributed by atoms with Crippen LogP contribution in [0.5, 0.6) is 0 Å². The Balaban J connectivity index is 2.48. The number of nitrogens with one attached hydrogen (secondary N) is 2. The molecule has 0 saturated carbocycles. The lowest BCUT2D eigenvalue weighted by Crippen LogP contribution is -2.27. The first-order valence-corrected chi connectivity index (χ1v) is 8.99. The van der Waals surface area contributed by atoms with E-state index >= 15 is 0 Å². The second-order valence-electron chi connectivity index (χ2n) is 4.51. The molecule has 21 heavy (non-hydrogen) atoms. The summed E-state index contributed by atoms with van der Waals surface area (Å²) in [5, 5.41) is 6.45. The number of nitrogen functional groups attached to an aromatic ring is 1. The van der Waals surface area contributed by atoms with Crippen LogP contribution in [0.4, 0.5) is 10.9 Å². The predicted molar refractivity (Wildman–Crippen MR) is 87.4 cm³/mol. The van der Waals surface area contributed by atoms with Gasteiger partial charge in [0.05, 0.1) is 6.61 Å². The summed E-state index contributed by atoms with van der Waals surface area (Å²) in [5.74, 6) is -0.0385. The van der Waals surface area contributed by atoms with Crippen LogP contribution < -0.4 is 16.4 Å². The van der Waals surface area contributed by atoms with Gasteiger partial charge in [0.1, 0.15) is 10.7 Å². The molecule has 120 valence electrons. The maximum atomic E-state index is 12.0. The van der Waals surface area contributed by atoms with Gasteiger partial charge in [-0.05, 0) is 6.42 Å². The van der Waals surface area contributed by atoms with E-state index in [-0.39, 0.29) is 17.0 Å². The van der Waals surface area contributed by atoms with E-state index in [0.717, 1.165) is 0 Å². The van der Waals surface area contributed by atoms with E-state index in [0.29, 0.717) is 36.1 Å². The summed E-state index contributed by atoms with van der Waals surface area (Å²) in [6.07, 6.45) is 2.32. The molecule has 1 aromatic rings. The summed E-state index contributed by atoms with van der Waals surface area (Å²) in [7, 11) is 0.730. The van der Waals surface area contributed by atoms with Crippen molar-refractivity contribution < 1.29 is 13.7 Å². The molecule has 0 aliphatic rings. The number of hydrogen-bond acceptors (Lipinski definition) is 7. The number of nitrogens with zero attached hydrogens (tertiary/aromatic N) is 1. The number of ether oxygens (including phenoxy) is 1. The third-order valence-electron chi connectivity index (χ3n) is 2.85. The number of carbonyl (C=O) groups excluding carboxylic acids is 1. The molecule has 0 aliphatic heterocycles. The lowest BCUT2D eigenvalue weighted by Gasteiger charge is -2.08. The van der Waals surface area contributed by atoms with Crippen LogP contribution in [0.1, 0.15) is 23.0 Å². The Morgan fingerprint density at radius 2 is 2.24 bits per heavy atom. The topological polar surface area (TPSA) is 106 Å². The van der Waals surface area contributed by atoms with Crippen LogP contribution in [0.15, 0.2) is 0 Å². The first-order valence-electron chi connectivity index (χ1n) is 6.55. The lowest BCUT2D eigenvalue weighted by molar-refractivity contribution is 0.0958. The number of hydrogen-bond donors (Lipinski definition) is 3. The molecule has 0 radical (unpaired) electrons. The second-order valence-corrected chi connectivity index (χ2v) is 7.31. The monoisotopic (exact) mass is 334 g/mol. The molecule has 0 saturated heterocycles. The van der Waals surface area contributed by atoms with E-state index in [1.165, 1.54) is 11.3 Å². The van der Waals surface area contributed by atoms with Gasteiger partial charge in [-0.1, -0.05) is 18.3 Å². The summed E-state index contributed by atoms with van der Waals surface area (Å²) in [6.45, 7) is 3.50. The van der Waals surface area contributed by atoms with E-state index in [2.05, 4.69) is 15.6 Å². The maximum absolute atomic E-state index is 12.0. The number of rotatable bonds is 9. The highest BCUT2D eigenvalue weighted by molar-refractivity contribution is 7.84. The van der Waals surface area contributed by atoms with Gasteiger partial charge >= 0.3 is 0 Å². The molecule has 0 bridgehead atoms. The Kier molecular flexibility index (Phi) is 7.62. The van der Waals surface area contributed by atoms with Crippen LogP contribution in [0.2, 0.25) is 0 Å². The van der Waals surface area contributed by atoms with Gasteiger partial charge < -0.3 is 21.1 Å². The number of aromatic nitrogens is 1. The van der Waals surface area contributed by atoms with Crippen LogP contribution >= 0.6 is 11.3 Å². The molecule has 4 N–H and O–H groups in total. The number of amides is 1. The predicted octanol–water partition coefficient (Wildman–Crippen LogP) is 0.670. The van der Waals surface area contributed by atoms with Gasteiger partial charge in [0, 0.05) is 42.5 Å². The fourth-order valence-corrected chi connectivity index (χ4v) is 2.74. The average Bonchev–Trinajstić information content (AvgIpc) is 2.80. The molecule has 1 amide bonds. The van der Waals surface area contributed by atoms with Crippen molar-refractivity contribution in [1.82, 2.24) is 10.3 Å². The van der Waals surface area contributed by atoms with Gasteiger partial charge in [-0.25, -0.2) is 4.98 Å². The molecule has 1 heterocycles. The minimum Gasteiger partial charge on any atom is -0.383 e. The van der Waals surface area contributed by atoms with Gasteiger partial charge in [-0.2, -0.15) is 0 Å². The zero-order valence-corrected chi connectivity index (χ0v) is 14.1. The Hall–Kier alpha value is -1.19. The van der Waals surface area contributed by atoms with Crippen LogP contribution in [0, 0.1) is 0 Å². The molecule has 0 spiro atoms. The van der Waals surface area contributed by atoms with Crippen molar-refractivity contribution >= 4 is 39.0 Å². The Morgan fingerprint density at radius 3 is 2.86 bits per heavy atom. The zero-order chi connectivity index (χ0) is 15.8. The van der Waals surface area contributed by atoms with Crippen molar-refractivity contribution in [2.75, 3.05) is 44.1 Å². The van der Waals surface area contributed by atoms with Gasteiger partial charge in [0.25, 0.3) is 5.91 Å². The normalized spacial score (nSPS) is 13.7. The maximum Gasteiger partial charge on any atom is 0.265 e. The van der Waals surface area contributed by atoms with Crippen LogP contribution in [-0.4, -0.2) is 53.4 Å². The average molecular weight is 334 g/mol. The summed E-state index contributed by atoms with van der Waals surface area (Å²) in [4.78, 5) is 16.5. The summed E-state index contributed by atoms with van der Waals surface area (Å²) in [5.41, 5.74) is 5.74. The Labute approximate surface area is 131 Å². The van der Waals surface area contributed by atoms with Gasteiger partial charge in [0.2, 0.25) is 0 Å². The van der Waals surface area contributed by atoms with E-state index in [1.807, 2.05) is 6.92 Å². The highest BCUT2D eigenvalue weighted by Gasteiger charge is 2.16. The quantitative estimate of drug-likeness (QED) is 0.573. The highest BCUT2D eigenvalue weighted by Crippen LogP contribution is 2.24. The minimum atomic E-state index is -0.882. The minimum absolute atomic E-state index is 0.0513.